The second-order valence-electron chi connectivity index (χ2n) is 5.49. The molecule has 0 aromatic rings. The van der Waals surface area contributed by atoms with Crippen molar-refractivity contribution in [2.24, 2.45) is 5.92 Å². The Bertz CT molecular complexity index is 303. The topological polar surface area (TPSA) is 48.1 Å². The summed E-state index contributed by atoms with van der Waals surface area (Å²) >= 11 is 0. The summed E-state index contributed by atoms with van der Waals surface area (Å²) in [6.45, 7) is 3.53. The Morgan fingerprint density at radius 3 is 2.72 bits per heavy atom. The molecule has 2 aliphatic rings. The van der Waals surface area contributed by atoms with Crippen molar-refractivity contribution in [2.75, 3.05) is 7.11 Å². The molecule has 4 unspecified atom stereocenters. The summed E-state index contributed by atoms with van der Waals surface area (Å²) in [6.07, 6.45) is 5.83. The maximum atomic E-state index is 11.2. The Labute approximate surface area is 110 Å². The van der Waals surface area contributed by atoms with Crippen LogP contribution < -0.4 is 0 Å². The lowest BCUT2D eigenvalue weighted by atomic mass is 9.88. The number of carbonyl (C=O) groups excluding carboxylic acids is 1. The SMILES string of the molecule is CC[Si](CCC1CCC2OC2C1)(OC)OC(C)=O. The summed E-state index contributed by atoms with van der Waals surface area (Å²) in [5, 5.41) is 0. The summed E-state index contributed by atoms with van der Waals surface area (Å²) in [5.74, 6) is 0.512. The highest BCUT2D eigenvalue weighted by Gasteiger charge is 2.45. The van der Waals surface area contributed by atoms with Gasteiger partial charge in [0.25, 0.3) is 5.97 Å². The van der Waals surface area contributed by atoms with E-state index in [-0.39, 0.29) is 5.97 Å². The molecule has 0 spiro atoms. The van der Waals surface area contributed by atoms with Gasteiger partial charge in [-0.05, 0) is 37.6 Å². The van der Waals surface area contributed by atoms with Crippen LogP contribution in [0.25, 0.3) is 0 Å². The number of carbonyl (C=O) groups is 1. The van der Waals surface area contributed by atoms with Crippen molar-refractivity contribution in [1.29, 1.82) is 0 Å². The molecule has 2 fully saturated rings. The lowest BCUT2D eigenvalue weighted by molar-refractivity contribution is -0.134. The second kappa shape index (κ2) is 5.71. The highest BCUT2D eigenvalue weighted by atomic mass is 28.4. The molecule has 1 saturated carbocycles. The molecule has 0 radical (unpaired) electrons. The van der Waals surface area contributed by atoms with Crippen molar-refractivity contribution in [3.05, 3.63) is 0 Å². The van der Waals surface area contributed by atoms with Gasteiger partial charge in [-0.2, -0.15) is 0 Å². The van der Waals surface area contributed by atoms with Crippen LogP contribution in [0, 0.1) is 5.92 Å². The van der Waals surface area contributed by atoms with Crippen molar-refractivity contribution < 1.29 is 18.4 Å². The average Bonchev–Trinajstić information content (AvgIpc) is 3.12. The van der Waals surface area contributed by atoms with Gasteiger partial charge in [-0.15, -0.1) is 0 Å². The van der Waals surface area contributed by atoms with E-state index in [1.54, 1.807) is 7.11 Å². The highest BCUT2D eigenvalue weighted by Crippen LogP contribution is 2.41. The minimum absolute atomic E-state index is 0.209. The molecular weight excluding hydrogens is 248 g/mol. The van der Waals surface area contributed by atoms with E-state index in [4.69, 9.17) is 13.6 Å². The van der Waals surface area contributed by atoms with Gasteiger partial charge in [0, 0.05) is 20.1 Å². The lowest BCUT2D eigenvalue weighted by Crippen LogP contribution is -2.42. The molecule has 0 N–H and O–H groups in total. The summed E-state index contributed by atoms with van der Waals surface area (Å²) in [7, 11) is -0.609. The van der Waals surface area contributed by atoms with Crippen molar-refractivity contribution in [3.63, 3.8) is 0 Å². The number of ether oxygens (including phenoxy) is 1. The fourth-order valence-electron chi connectivity index (χ4n) is 3.02. The van der Waals surface area contributed by atoms with Crippen LogP contribution >= 0.6 is 0 Å². The largest absolute Gasteiger partial charge is 0.494 e. The van der Waals surface area contributed by atoms with E-state index < -0.39 is 8.56 Å². The van der Waals surface area contributed by atoms with Gasteiger partial charge in [0.15, 0.2) is 0 Å². The fourth-order valence-corrected chi connectivity index (χ4v) is 5.57. The zero-order valence-electron chi connectivity index (χ0n) is 11.6. The molecule has 0 aromatic carbocycles. The summed E-state index contributed by atoms with van der Waals surface area (Å²) < 4.78 is 16.7. The van der Waals surface area contributed by atoms with E-state index in [2.05, 4.69) is 6.92 Å². The second-order valence-corrected chi connectivity index (χ2v) is 9.13. The lowest BCUT2D eigenvalue weighted by Gasteiger charge is -2.29. The normalized spacial score (nSPS) is 33.4. The maximum absolute atomic E-state index is 11.2. The van der Waals surface area contributed by atoms with Crippen molar-refractivity contribution in [3.8, 4) is 0 Å². The van der Waals surface area contributed by atoms with Crippen LogP contribution in [-0.4, -0.2) is 33.8 Å². The van der Waals surface area contributed by atoms with E-state index in [1.165, 1.54) is 26.2 Å². The smallest absolute Gasteiger partial charge is 0.400 e. The van der Waals surface area contributed by atoms with E-state index >= 15 is 0 Å². The molecule has 1 aliphatic carbocycles. The third-order valence-corrected chi connectivity index (χ3v) is 7.82. The first-order valence-electron chi connectivity index (χ1n) is 6.98. The molecule has 1 heterocycles. The van der Waals surface area contributed by atoms with Crippen molar-refractivity contribution in [2.45, 2.75) is 63.8 Å². The predicted molar refractivity (Wildman–Crippen MR) is 70.4 cm³/mol. The quantitative estimate of drug-likeness (QED) is 0.551. The minimum atomic E-state index is -2.29. The Kier molecular flexibility index (Phi) is 4.45. The predicted octanol–water partition coefficient (Wildman–Crippen LogP) is 2.62. The van der Waals surface area contributed by atoms with Gasteiger partial charge in [0.05, 0.1) is 12.2 Å². The first-order valence-corrected chi connectivity index (χ1v) is 9.22. The van der Waals surface area contributed by atoms with E-state index in [9.17, 15) is 4.79 Å². The summed E-state index contributed by atoms with van der Waals surface area (Å²) in [5.41, 5.74) is 0. The molecular formula is C13H24O4Si. The molecule has 1 aliphatic heterocycles. The average molecular weight is 272 g/mol. The van der Waals surface area contributed by atoms with Gasteiger partial charge in [-0.25, -0.2) is 0 Å². The Balaban J connectivity index is 1.82. The molecule has 0 bridgehead atoms. The molecule has 18 heavy (non-hydrogen) atoms. The van der Waals surface area contributed by atoms with E-state index in [0.717, 1.165) is 24.4 Å². The molecule has 4 nitrogen and oxygen atoms in total. The third-order valence-electron chi connectivity index (χ3n) is 4.29. The molecule has 0 aromatic heterocycles. The molecule has 1 saturated heterocycles. The fraction of sp³-hybridized carbons (Fsp3) is 0.923. The van der Waals surface area contributed by atoms with Gasteiger partial charge in [-0.3, -0.25) is 4.79 Å². The standard InChI is InChI=1S/C13H24O4Si/c1-4-18(15-3,17-10(2)14)8-7-11-5-6-12-13(9-11)16-12/h11-13H,4-9H2,1-3H3. The van der Waals surface area contributed by atoms with Crippen molar-refractivity contribution in [1.82, 2.24) is 0 Å². The van der Waals surface area contributed by atoms with Crippen molar-refractivity contribution >= 4 is 14.5 Å². The number of rotatable bonds is 6. The zero-order valence-corrected chi connectivity index (χ0v) is 12.6. The Morgan fingerprint density at radius 2 is 2.17 bits per heavy atom. The van der Waals surface area contributed by atoms with Crippen LogP contribution in [0.1, 0.15) is 39.5 Å². The van der Waals surface area contributed by atoms with Crippen LogP contribution in [0.4, 0.5) is 0 Å². The number of hydrogen-bond donors (Lipinski definition) is 0. The molecule has 2 rings (SSSR count). The van der Waals surface area contributed by atoms with Crippen LogP contribution in [-0.2, 0) is 18.4 Å². The monoisotopic (exact) mass is 272 g/mol. The molecule has 104 valence electrons. The van der Waals surface area contributed by atoms with Gasteiger partial charge in [0.2, 0.25) is 0 Å². The zero-order chi connectivity index (χ0) is 13.2. The van der Waals surface area contributed by atoms with Gasteiger partial charge < -0.3 is 13.6 Å². The number of epoxide rings is 1. The Hall–Kier alpha value is -0.393. The molecule has 4 atom stereocenters. The summed E-state index contributed by atoms with van der Waals surface area (Å²) in [4.78, 5) is 11.2. The highest BCUT2D eigenvalue weighted by molar-refractivity contribution is 6.68. The first kappa shape index (κ1) is 14.0. The van der Waals surface area contributed by atoms with Crippen LogP contribution in [0.15, 0.2) is 0 Å². The van der Waals surface area contributed by atoms with Gasteiger partial charge >= 0.3 is 8.56 Å². The molecule has 0 amide bonds. The number of hydrogen-bond acceptors (Lipinski definition) is 4. The van der Waals surface area contributed by atoms with E-state index in [1.807, 2.05) is 0 Å². The number of fused-ring (bicyclic) bond motifs is 1. The van der Waals surface area contributed by atoms with Crippen LogP contribution in [0.3, 0.4) is 0 Å². The summed E-state index contributed by atoms with van der Waals surface area (Å²) in [6, 6.07) is 1.75. The molecule has 5 heteroatoms. The third kappa shape index (κ3) is 3.33. The van der Waals surface area contributed by atoms with Crippen LogP contribution in [0.2, 0.25) is 12.1 Å². The minimum Gasteiger partial charge on any atom is -0.494 e. The van der Waals surface area contributed by atoms with Crippen LogP contribution in [0.5, 0.6) is 0 Å². The van der Waals surface area contributed by atoms with Gasteiger partial charge in [0.1, 0.15) is 0 Å². The maximum Gasteiger partial charge on any atom is 0.400 e. The first-order chi connectivity index (χ1) is 8.58. The Morgan fingerprint density at radius 1 is 1.39 bits per heavy atom. The van der Waals surface area contributed by atoms with E-state index in [0.29, 0.717) is 12.2 Å². The van der Waals surface area contributed by atoms with Gasteiger partial charge in [-0.1, -0.05) is 6.92 Å².